The Morgan fingerprint density at radius 3 is 2.42 bits per heavy atom. The molecule has 2 heterocycles. The third-order valence-corrected chi connectivity index (χ3v) is 4.61. The lowest BCUT2D eigenvalue weighted by Gasteiger charge is -2.34. The highest BCUT2D eigenvalue weighted by Crippen LogP contribution is 2.23. The molecule has 0 radical (unpaired) electrons. The number of rotatable bonds is 4. The lowest BCUT2D eigenvalue weighted by atomic mass is 10.1. The number of benzene rings is 1. The van der Waals surface area contributed by atoms with Crippen LogP contribution in [0.5, 0.6) is 0 Å². The molecule has 1 aromatic carbocycles. The number of likely N-dealkylation sites (N-methyl/N-ethyl adjacent to an activating group) is 1. The monoisotopic (exact) mass is 325 g/mol. The van der Waals surface area contributed by atoms with Crippen molar-refractivity contribution in [3.8, 4) is 0 Å². The van der Waals surface area contributed by atoms with Crippen molar-refractivity contribution in [2.24, 2.45) is 0 Å². The van der Waals surface area contributed by atoms with Crippen molar-refractivity contribution in [1.82, 2.24) is 14.9 Å². The fourth-order valence-corrected chi connectivity index (χ4v) is 3.16. The van der Waals surface area contributed by atoms with Crippen molar-refractivity contribution in [3.05, 3.63) is 41.2 Å². The first kappa shape index (κ1) is 16.7. The maximum absolute atomic E-state index is 4.64. The molecule has 24 heavy (non-hydrogen) atoms. The van der Waals surface area contributed by atoms with E-state index in [-0.39, 0.29) is 0 Å². The highest BCUT2D eigenvalue weighted by Gasteiger charge is 2.18. The third-order valence-electron chi connectivity index (χ3n) is 4.61. The van der Waals surface area contributed by atoms with Crippen LogP contribution in [0.3, 0.4) is 0 Å². The molecule has 0 amide bonds. The number of piperazine rings is 1. The normalized spacial score (nSPS) is 15.6. The van der Waals surface area contributed by atoms with Gasteiger partial charge in [0.05, 0.1) is 0 Å². The summed E-state index contributed by atoms with van der Waals surface area (Å²) in [5.74, 6) is 2.69. The maximum atomic E-state index is 4.64. The minimum atomic E-state index is 0.803. The van der Waals surface area contributed by atoms with E-state index in [1.165, 1.54) is 11.1 Å². The van der Waals surface area contributed by atoms with E-state index in [9.17, 15) is 0 Å². The average molecular weight is 325 g/mol. The number of nitrogens with one attached hydrogen (secondary N) is 1. The molecule has 0 spiro atoms. The van der Waals surface area contributed by atoms with E-state index in [4.69, 9.17) is 0 Å². The summed E-state index contributed by atoms with van der Waals surface area (Å²) in [5.41, 5.74) is 3.59. The summed E-state index contributed by atoms with van der Waals surface area (Å²) in [6, 6.07) is 8.48. The van der Waals surface area contributed by atoms with E-state index in [1.54, 1.807) is 0 Å². The number of anilines is 3. The van der Waals surface area contributed by atoms with Crippen molar-refractivity contribution in [2.75, 3.05) is 42.9 Å². The van der Waals surface area contributed by atoms with Gasteiger partial charge in [-0.05, 0) is 38.9 Å². The van der Waals surface area contributed by atoms with Gasteiger partial charge in [0.1, 0.15) is 17.5 Å². The van der Waals surface area contributed by atoms with E-state index in [2.05, 4.69) is 70.1 Å². The molecule has 1 aliphatic rings. The first-order chi connectivity index (χ1) is 11.5. The second-order valence-electron chi connectivity index (χ2n) is 6.52. The molecule has 1 aliphatic heterocycles. The summed E-state index contributed by atoms with van der Waals surface area (Å²) in [4.78, 5) is 14.0. The van der Waals surface area contributed by atoms with Gasteiger partial charge in [-0.25, -0.2) is 9.97 Å². The number of aryl methyl sites for hydroxylation is 3. The molecule has 0 aliphatic carbocycles. The Bertz CT molecular complexity index is 705. The molecular formula is C19H27N5. The van der Waals surface area contributed by atoms with Gasteiger partial charge in [-0.1, -0.05) is 24.6 Å². The van der Waals surface area contributed by atoms with Gasteiger partial charge < -0.3 is 15.1 Å². The highest BCUT2D eigenvalue weighted by atomic mass is 15.3. The second kappa shape index (κ2) is 7.18. The summed E-state index contributed by atoms with van der Waals surface area (Å²) in [6.07, 6.45) is 0. The number of hydrogen-bond acceptors (Lipinski definition) is 5. The van der Waals surface area contributed by atoms with Crippen molar-refractivity contribution in [1.29, 1.82) is 0 Å². The van der Waals surface area contributed by atoms with Crippen LogP contribution in [0.4, 0.5) is 17.3 Å². The summed E-state index contributed by atoms with van der Waals surface area (Å²) in [5, 5.41) is 3.45. The molecule has 128 valence electrons. The fourth-order valence-electron chi connectivity index (χ4n) is 3.16. The van der Waals surface area contributed by atoms with Crippen LogP contribution in [0, 0.1) is 20.8 Å². The molecule has 0 saturated carbocycles. The number of hydrogen-bond donors (Lipinski definition) is 1. The van der Waals surface area contributed by atoms with Crippen LogP contribution >= 0.6 is 0 Å². The van der Waals surface area contributed by atoms with Gasteiger partial charge in [-0.2, -0.15) is 0 Å². The maximum Gasteiger partial charge on any atom is 0.136 e. The zero-order valence-corrected chi connectivity index (χ0v) is 15.1. The first-order valence-electron chi connectivity index (χ1n) is 8.72. The van der Waals surface area contributed by atoms with Gasteiger partial charge in [-0.15, -0.1) is 0 Å². The van der Waals surface area contributed by atoms with Crippen LogP contribution in [0.15, 0.2) is 24.3 Å². The lowest BCUT2D eigenvalue weighted by Crippen LogP contribution is -2.46. The summed E-state index contributed by atoms with van der Waals surface area (Å²) in [6.45, 7) is 13.8. The van der Waals surface area contributed by atoms with Gasteiger partial charge in [0, 0.05) is 37.9 Å². The Labute approximate surface area is 144 Å². The highest BCUT2D eigenvalue weighted by molar-refractivity contribution is 5.63. The SMILES string of the molecule is CCN1CCN(c2cc(Nc3ccc(C)cc3C)nc(C)n2)CC1. The molecule has 5 heteroatoms. The van der Waals surface area contributed by atoms with Crippen LogP contribution in [0.2, 0.25) is 0 Å². The predicted octanol–water partition coefficient (Wildman–Crippen LogP) is 3.29. The molecule has 2 aromatic rings. The molecule has 1 N–H and O–H groups in total. The standard InChI is InChI=1S/C19H27N5/c1-5-23-8-10-24(11-9-23)19-13-18(20-16(4)21-19)22-17-7-6-14(2)12-15(17)3/h6-7,12-13H,5,8-11H2,1-4H3,(H,20,21,22). The predicted molar refractivity (Wildman–Crippen MR) is 100 cm³/mol. The molecule has 0 unspecified atom stereocenters. The molecule has 0 atom stereocenters. The van der Waals surface area contributed by atoms with Crippen LogP contribution in [-0.4, -0.2) is 47.6 Å². The number of aromatic nitrogens is 2. The second-order valence-corrected chi connectivity index (χ2v) is 6.52. The third kappa shape index (κ3) is 3.85. The van der Waals surface area contributed by atoms with E-state index in [1.807, 2.05) is 6.92 Å². The lowest BCUT2D eigenvalue weighted by molar-refractivity contribution is 0.270. The Balaban J connectivity index is 1.79. The topological polar surface area (TPSA) is 44.3 Å². The largest absolute Gasteiger partial charge is 0.354 e. The van der Waals surface area contributed by atoms with Crippen LogP contribution in [0.1, 0.15) is 23.9 Å². The van der Waals surface area contributed by atoms with Crippen LogP contribution in [0.25, 0.3) is 0 Å². The summed E-state index contributed by atoms with van der Waals surface area (Å²) >= 11 is 0. The van der Waals surface area contributed by atoms with Crippen LogP contribution < -0.4 is 10.2 Å². The van der Waals surface area contributed by atoms with Gasteiger partial charge >= 0.3 is 0 Å². The quantitative estimate of drug-likeness (QED) is 0.934. The van der Waals surface area contributed by atoms with E-state index >= 15 is 0 Å². The molecule has 1 saturated heterocycles. The van der Waals surface area contributed by atoms with Crippen molar-refractivity contribution < 1.29 is 0 Å². The van der Waals surface area contributed by atoms with Gasteiger partial charge in [0.2, 0.25) is 0 Å². The van der Waals surface area contributed by atoms with Crippen molar-refractivity contribution >= 4 is 17.3 Å². The van der Waals surface area contributed by atoms with Crippen molar-refractivity contribution in [2.45, 2.75) is 27.7 Å². The summed E-state index contributed by atoms with van der Waals surface area (Å²) < 4.78 is 0. The van der Waals surface area contributed by atoms with E-state index < -0.39 is 0 Å². The Morgan fingerprint density at radius 2 is 1.75 bits per heavy atom. The van der Waals surface area contributed by atoms with Crippen molar-refractivity contribution in [3.63, 3.8) is 0 Å². The van der Waals surface area contributed by atoms with Gasteiger partial charge in [-0.3, -0.25) is 0 Å². The molecule has 3 rings (SSSR count). The molecule has 5 nitrogen and oxygen atoms in total. The zero-order chi connectivity index (χ0) is 17.1. The molecule has 1 fully saturated rings. The minimum absolute atomic E-state index is 0.803. The Morgan fingerprint density at radius 1 is 1.00 bits per heavy atom. The molecule has 1 aromatic heterocycles. The van der Waals surface area contributed by atoms with E-state index in [0.717, 1.165) is 55.9 Å². The first-order valence-corrected chi connectivity index (χ1v) is 8.72. The molecule has 0 bridgehead atoms. The Kier molecular flexibility index (Phi) is 5.00. The van der Waals surface area contributed by atoms with Gasteiger partial charge in [0.15, 0.2) is 0 Å². The molecular weight excluding hydrogens is 298 g/mol. The minimum Gasteiger partial charge on any atom is -0.354 e. The zero-order valence-electron chi connectivity index (χ0n) is 15.1. The fraction of sp³-hybridized carbons (Fsp3) is 0.474. The van der Waals surface area contributed by atoms with E-state index in [0.29, 0.717) is 0 Å². The van der Waals surface area contributed by atoms with Crippen LogP contribution in [-0.2, 0) is 0 Å². The number of nitrogens with zero attached hydrogens (tertiary/aromatic N) is 4. The average Bonchev–Trinajstić information content (AvgIpc) is 2.57. The smallest absolute Gasteiger partial charge is 0.136 e. The Hall–Kier alpha value is -2.14. The summed E-state index contributed by atoms with van der Waals surface area (Å²) in [7, 11) is 0. The van der Waals surface area contributed by atoms with Gasteiger partial charge in [0.25, 0.3) is 0 Å².